The lowest BCUT2D eigenvalue weighted by atomic mass is 10.5. The molecule has 7 nitrogen and oxygen atoms in total. The maximum absolute atomic E-state index is 11.9. The minimum Gasteiger partial charge on any atom is -0.383 e. The maximum atomic E-state index is 11.9. The zero-order valence-electron chi connectivity index (χ0n) is 9.01. The number of sulfonamides is 1. The first-order valence-electron chi connectivity index (χ1n) is 4.74. The molecule has 0 spiro atoms. The number of aryl methyl sites for hydroxylation is 1. The fourth-order valence-electron chi connectivity index (χ4n) is 1.29. The van der Waals surface area contributed by atoms with Gasteiger partial charge in [0.2, 0.25) is 0 Å². The molecule has 17 heavy (non-hydrogen) atoms. The number of nitrogen functional groups attached to an aromatic ring is 1. The number of nitrogens with zero attached hydrogens (tertiary/aromatic N) is 2. The van der Waals surface area contributed by atoms with E-state index in [1.54, 1.807) is 13.0 Å². The van der Waals surface area contributed by atoms with Gasteiger partial charge in [-0.1, -0.05) is 0 Å². The third-order valence-electron chi connectivity index (χ3n) is 2.03. The van der Waals surface area contributed by atoms with Crippen LogP contribution in [0.15, 0.2) is 29.3 Å². The largest absolute Gasteiger partial charge is 0.383 e. The lowest BCUT2D eigenvalue weighted by Crippen LogP contribution is -2.15. The van der Waals surface area contributed by atoms with Crippen LogP contribution in [0.2, 0.25) is 0 Å². The van der Waals surface area contributed by atoms with E-state index in [1.165, 1.54) is 18.3 Å². The highest BCUT2D eigenvalue weighted by atomic mass is 32.2. The summed E-state index contributed by atoms with van der Waals surface area (Å²) in [4.78, 5) is 3.65. The van der Waals surface area contributed by atoms with Crippen molar-refractivity contribution >= 4 is 21.7 Å². The van der Waals surface area contributed by atoms with E-state index in [9.17, 15) is 8.42 Å². The first-order chi connectivity index (χ1) is 7.99. The van der Waals surface area contributed by atoms with Gasteiger partial charge in [0, 0.05) is 18.0 Å². The monoisotopic (exact) mass is 253 g/mol. The predicted octanol–water partition coefficient (Wildman–Crippen LogP) is 0.496. The van der Waals surface area contributed by atoms with Gasteiger partial charge in [0.25, 0.3) is 10.0 Å². The van der Waals surface area contributed by atoms with Crippen LogP contribution in [0, 0.1) is 6.92 Å². The molecule has 2 rings (SSSR count). The van der Waals surface area contributed by atoms with Crippen LogP contribution in [0.1, 0.15) is 5.69 Å². The van der Waals surface area contributed by atoms with Crippen molar-refractivity contribution in [1.29, 1.82) is 0 Å². The lowest BCUT2D eigenvalue weighted by molar-refractivity contribution is 0.601. The van der Waals surface area contributed by atoms with Gasteiger partial charge in [-0.2, -0.15) is 5.10 Å². The van der Waals surface area contributed by atoms with Crippen molar-refractivity contribution in [3.05, 3.63) is 30.1 Å². The van der Waals surface area contributed by atoms with Crippen LogP contribution in [0.3, 0.4) is 0 Å². The number of aromatic nitrogens is 3. The number of hydrogen-bond donors (Lipinski definition) is 3. The van der Waals surface area contributed by atoms with Crippen LogP contribution >= 0.6 is 0 Å². The number of anilines is 2. The summed E-state index contributed by atoms with van der Waals surface area (Å²) < 4.78 is 26.2. The second kappa shape index (κ2) is 4.06. The number of rotatable bonds is 3. The highest BCUT2D eigenvalue weighted by molar-refractivity contribution is 7.92. The van der Waals surface area contributed by atoms with E-state index in [4.69, 9.17) is 5.73 Å². The van der Waals surface area contributed by atoms with E-state index in [-0.39, 0.29) is 16.5 Å². The molecule has 0 atom stereocenters. The number of aromatic amines is 1. The predicted molar refractivity (Wildman–Crippen MR) is 62.8 cm³/mol. The first-order valence-corrected chi connectivity index (χ1v) is 6.23. The molecule has 0 radical (unpaired) electrons. The first kappa shape index (κ1) is 11.4. The molecule has 8 heteroatoms. The van der Waals surface area contributed by atoms with Crippen molar-refractivity contribution in [2.45, 2.75) is 11.8 Å². The van der Waals surface area contributed by atoms with Gasteiger partial charge in [0.05, 0.1) is 0 Å². The lowest BCUT2D eigenvalue weighted by Gasteiger charge is -2.06. The maximum Gasteiger partial charge on any atom is 0.266 e. The van der Waals surface area contributed by atoms with Gasteiger partial charge in [-0.15, -0.1) is 0 Å². The molecule has 0 aliphatic heterocycles. The van der Waals surface area contributed by atoms with E-state index >= 15 is 0 Å². The molecule has 2 heterocycles. The smallest absolute Gasteiger partial charge is 0.266 e. The van der Waals surface area contributed by atoms with Crippen molar-refractivity contribution in [1.82, 2.24) is 15.2 Å². The molecular weight excluding hydrogens is 242 g/mol. The summed E-state index contributed by atoms with van der Waals surface area (Å²) >= 11 is 0. The Balaban J connectivity index is 2.35. The summed E-state index contributed by atoms with van der Waals surface area (Å²) in [6.45, 7) is 1.77. The van der Waals surface area contributed by atoms with E-state index in [0.29, 0.717) is 0 Å². The molecule has 0 aliphatic rings. The molecule has 2 aromatic heterocycles. The highest BCUT2D eigenvalue weighted by Crippen LogP contribution is 2.18. The quantitative estimate of drug-likeness (QED) is 0.736. The number of nitrogens with one attached hydrogen (secondary N) is 2. The molecule has 0 aromatic carbocycles. The summed E-state index contributed by atoms with van der Waals surface area (Å²) in [6, 6.07) is 4.45. The second-order valence-corrected chi connectivity index (χ2v) is 5.08. The average molecular weight is 253 g/mol. The van der Waals surface area contributed by atoms with E-state index < -0.39 is 10.0 Å². The number of nitrogens with two attached hydrogens (primary N) is 1. The average Bonchev–Trinajstić information content (AvgIpc) is 2.63. The van der Waals surface area contributed by atoms with Crippen LogP contribution in [0.4, 0.5) is 11.6 Å². The van der Waals surface area contributed by atoms with Crippen molar-refractivity contribution in [2.75, 3.05) is 10.5 Å². The molecule has 0 amide bonds. The highest BCUT2D eigenvalue weighted by Gasteiger charge is 2.18. The molecule has 0 fully saturated rings. The van der Waals surface area contributed by atoms with Gasteiger partial charge in [0.1, 0.15) is 10.7 Å². The van der Waals surface area contributed by atoms with Crippen LogP contribution in [-0.4, -0.2) is 23.6 Å². The van der Waals surface area contributed by atoms with Crippen LogP contribution < -0.4 is 10.5 Å². The van der Waals surface area contributed by atoms with Gasteiger partial charge >= 0.3 is 0 Å². The Morgan fingerprint density at radius 1 is 1.47 bits per heavy atom. The fourth-order valence-corrected chi connectivity index (χ4v) is 2.37. The Kier molecular flexibility index (Phi) is 2.72. The minimum atomic E-state index is -3.75. The Bertz CT molecular complexity index is 634. The Labute approximate surface area is 98.1 Å². The molecule has 0 saturated heterocycles. The van der Waals surface area contributed by atoms with E-state index in [0.717, 1.165) is 5.69 Å². The van der Waals surface area contributed by atoms with Gasteiger partial charge in [-0.05, 0) is 19.1 Å². The van der Waals surface area contributed by atoms with Crippen molar-refractivity contribution < 1.29 is 8.42 Å². The Morgan fingerprint density at radius 3 is 2.82 bits per heavy atom. The number of hydrogen-bond acceptors (Lipinski definition) is 5. The molecule has 90 valence electrons. The normalized spacial score (nSPS) is 11.4. The molecule has 4 N–H and O–H groups in total. The van der Waals surface area contributed by atoms with Crippen molar-refractivity contribution in [3.8, 4) is 0 Å². The summed E-state index contributed by atoms with van der Waals surface area (Å²) in [6.07, 6.45) is 1.42. The van der Waals surface area contributed by atoms with Crippen LogP contribution in [0.25, 0.3) is 0 Å². The van der Waals surface area contributed by atoms with E-state index in [2.05, 4.69) is 19.9 Å². The topological polar surface area (TPSA) is 114 Å². The summed E-state index contributed by atoms with van der Waals surface area (Å²) in [7, 11) is -3.75. The summed E-state index contributed by atoms with van der Waals surface area (Å²) in [5.74, 6) is 0.165. The summed E-state index contributed by atoms with van der Waals surface area (Å²) in [5, 5.41) is 6.41. The molecule has 0 unspecified atom stereocenters. The van der Waals surface area contributed by atoms with Gasteiger partial charge in [-0.25, -0.2) is 13.4 Å². The van der Waals surface area contributed by atoms with Crippen molar-refractivity contribution in [2.24, 2.45) is 0 Å². The standard InChI is InChI=1S/C9H11N5O2S/c1-6-5-8(13-12-6)14-17(15,16)7-3-2-4-11-9(7)10/h2-5H,1H3,(H2,10,11)(H2,12,13,14). The third-order valence-corrected chi connectivity index (χ3v) is 3.44. The second-order valence-electron chi connectivity index (χ2n) is 3.43. The van der Waals surface area contributed by atoms with Gasteiger partial charge in [-0.3, -0.25) is 9.82 Å². The van der Waals surface area contributed by atoms with E-state index in [1.807, 2.05) is 0 Å². The fraction of sp³-hybridized carbons (Fsp3) is 0.111. The third kappa shape index (κ3) is 2.36. The Morgan fingerprint density at radius 2 is 2.24 bits per heavy atom. The van der Waals surface area contributed by atoms with Gasteiger partial charge in [0.15, 0.2) is 5.82 Å². The molecule has 2 aromatic rings. The zero-order chi connectivity index (χ0) is 12.5. The summed E-state index contributed by atoms with van der Waals surface area (Å²) in [5.41, 5.74) is 6.26. The number of pyridine rings is 1. The van der Waals surface area contributed by atoms with Crippen molar-refractivity contribution in [3.63, 3.8) is 0 Å². The minimum absolute atomic E-state index is 0.0488. The van der Waals surface area contributed by atoms with Crippen LogP contribution in [0.5, 0.6) is 0 Å². The number of H-pyrrole nitrogens is 1. The Hall–Kier alpha value is -2.09. The molecule has 0 bridgehead atoms. The molecular formula is C9H11N5O2S. The van der Waals surface area contributed by atoms with Crippen LogP contribution in [-0.2, 0) is 10.0 Å². The zero-order valence-corrected chi connectivity index (χ0v) is 9.82. The molecule has 0 aliphatic carbocycles. The molecule has 0 saturated carbocycles. The van der Waals surface area contributed by atoms with Gasteiger partial charge < -0.3 is 5.73 Å². The SMILES string of the molecule is Cc1cc(NS(=O)(=O)c2cccnc2N)n[nH]1.